The van der Waals surface area contributed by atoms with Crippen LogP contribution in [0.1, 0.15) is 12.0 Å². The number of pyridine rings is 1. The van der Waals surface area contributed by atoms with Crippen molar-refractivity contribution < 1.29 is 4.39 Å². The molecule has 1 saturated heterocycles. The Hall–Kier alpha value is -3.27. The average Bonchev–Trinajstić information content (AvgIpc) is 3.42. The number of hydrogen-bond acceptors (Lipinski definition) is 7. The molecule has 192 valence electrons. The molecule has 38 heavy (non-hydrogen) atoms. The lowest BCUT2D eigenvalue weighted by atomic mass is 9.91. The van der Waals surface area contributed by atoms with Gasteiger partial charge < -0.3 is 10.6 Å². The van der Waals surface area contributed by atoms with Gasteiger partial charge in [-0.05, 0) is 54.2 Å². The third-order valence-electron chi connectivity index (χ3n) is 8.15. The fraction of sp³-hybridized carbons (Fsp3) is 0.286. The van der Waals surface area contributed by atoms with Gasteiger partial charge in [-0.2, -0.15) is 5.10 Å². The van der Waals surface area contributed by atoms with E-state index in [1.165, 1.54) is 17.8 Å². The Balaban J connectivity index is 1.12. The summed E-state index contributed by atoms with van der Waals surface area (Å²) in [6, 6.07) is 14.9. The van der Waals surface area contributed by atoms with Crippen LogP contribution < -0.4 is 10.6 Å². The highest BCUT2D eigenvalue weighted by molar-refractivity contribution is 7.99. The highest BCUT2D eigenvalue weighted by atomic mass is 35.5. The quantitative estimate of drug-likeness (QED) is 0.324. The van der Waals surface area contributed by atoms with Crippen molar-refractivity contribution in [2.75, 3.05) is 24.5 Å². The third kappa shape index (κ3) is 3.67. The van der Waals surface area contributed by atoms with Crippen molar-refractivity contribution >= 4 is 51.2 Å². The summed E-state index contributed by atoms with van der Waals surface area (Å²) in [7, 11) is 1.88. The van der Waals surface area contributed by atoms with Gasteiger partial charge in [-0.25, -0.2) is 19.3 Å². The van der Waals surface area contributed by atoms with E-state index in [4.69, 9.17) is 27.3 Å². The van der Waals surface area contributed by atoms with E-state index in [0.717, 1.165) is 57.2 Å². The molecule has 7 rings (SSSR count). The molecule has 3 aromatic heterocycles. The molecule has 0 radical (unpaired) electrons. The predicted molar refractivity (Wildman–Crippen MR) is 148 cm³/mol. The summed E-state index contributed by atoms with van der Waals surface area (Å²) < 4.78 is 16.5. The van der Waals surface area contributed by atoms with E-state index in [-0.39, 0.29) is 11.2 Å². The van der Waals surface area contributed by atoms with E-state index in [9.17, 15) is 4.39 Å². The van der Waals surface area contributed by atoms with E-state index < -0.39 is 0 Å². The van der Waals surface area contributed by atoms with Crippen LogP contribution in [0.25, 0.3) is 22.1 Å². The fourth-order valence-electron chi connectivity index (χ4n) is 6.27. The van der Waals surface area contributed by atoms with Gasteiger partial charge in [0.2, 0.25) is 0 Å². The summed E-state index contributed by atoms with van der Waals surface area (Å²) in [6.45, 7) is 2.07. The molecular weight excluding hydrogens is 521 g/mol. The zero-order valence-electron chi connectivity index (χ0n) is 20.7. The van der Waals surface area contributed by atoms with Gasteiger partial charge in [0.25, 0.3) is 0 Å². The number of halogens is 2. The molecule has 0 unspecified atom stereocenters. The van der Waals surface area contributed by atoms with Crippen LogP contribution in [0.15, 0.2) is 70.8 Å². The topological polar surface area (TPSA) is 85.8 Å². The molecule has 0 amide bonds. The van der Waals surface area contributed by atoms with Gasteiger partial charge in [-0.15, -0.1) is 0 Å². The van der Waals surface area contributed by atoms with Crippen molar-refractivity contribution in [2.24, 2.45) is 24.6 Å². The minimum absolute atomic E-state index is 0.161. The number of nitrogens with two attached hydrogens (primary N) is 1. The molecule has 2 fully saturated rings. The van der Waals surface area contributed by atoms with Crippen LogP contribution in [-0.2, 0) is 12.5 Å². The minimum Gasteiger partial charge on any atom is -0.355 e. The third-order valence-corrected chi connectivity index (χ3v) is 9.66. The summed E-state index contributed by atoms with van der Waals surface area (Å²) >= 11 is 8.15. The summed E-state index contributed by atoms with van der Waals surface area (Å²) in [4.78, 5) is 17.4. The molecule has 10 heteroatoms. The van der Waals surface area contributed by atoms with Gasteiger partial charge in [-0.1, -0.05) is 41.6 Å². The van der Waals surface area contributed by atoms with Crippen LogP contribution in [0, 0.1) is 17.7 Å². The minimum atomic E-state index is -0.294. The van der Waals surface area contributed by atoms with Crippen LogP contribution in [0.4, 0.5) is 10.2 Å². The van der Waals surface area contributed by atoms with E-state index in [0.29, 0.717) is 29.1 Å². The monoisotopic (exact) mass is 545 g/mol. The maximum Gasteiger partial charge on any atom is 0.179 e. The number of aryl methyl sites for hydroxylation is 1. The van der Waals surface area contributed by atoms with Gasteiger partial charge in [0.15, 0.2) is 5.65 Å². The Kier molecular flexibility index (Phi) is 5.58. The van der Waals surface area contributed by atoms with Crippen molar-refractivity contribution in [1.82, 2.24) is 24.7 Å². The highest BCUT2D eigenvalue weighted by Gasteiger charge is 2.66. The summed E-state index contributed by atoms with van der Waals surface area (Å²) in [5.74, 6) is 1.35. The van der Waals surface area contributed by atoms with Crippen molar-refractivity contribution in [3.8, 4) is 0 Å². The Morgan fingerprint density at radius 1 is 1.11 bits per heavy atom. The predicted octanol–water partition coefficient (Wildman–Crippen LogP) is 5.21. The lowest BCUT2D eigenvalue weighted by Crippen LogP contribution is -2.32. The van der Waals surface area contributed by atoms with Crippen molar-refractivity contribution in [1.29, 1.82) is 0 Å². The number of nitrogens with zero attached hydrogens (tertiary/aromatic N) is 6. The Morgan fingerprint density at radius 2 is 1.95 bits per heavy atom. The normalized spacial score (nSPS) is 22.7. The molecule has 2 aromatic carbocycles. The number of piperidine rings is 1. The smallest absolute Gasteiger partial charge is 0.179 e. The Labute approximate surface area is 228 Å². The number of benzene rings is 2. The molecule has 3 atom stereocenters. The number of aromatic nitrogens is 5. The average molecular weight is 546 g/mol. The largest absolute Gasteiger partial charge is 0.355 e. The van der Waals surface area contributed by atoms with Crippen molar-refractivity contribution in [3.63, 3.8) is 0 Å². The van der Waals surface area contributed by atoms with E-state index >= 15 is 0 Å². The Bertz CT molecular complexity index is 1710. The number of rotatable bonds is 5. The lowest BCUT2D eigenvalue weighted by molar-refractivity contribution is 0.533. The van der Waals surface area contributed by atoms with E-state index in [1.54, 1.807) is 16.9 Å². The molecule has 5 aromatic rings. The molecule has 1 saturated carbocycles. The zero-order valence-corrected chi connectivity index (χ0v) is 22.3. The van der Waals surface area contributed by atoms with Gasteiger partial charge in [0.05, 0.1) is 16.7 Å². The molecule has 1 aliphatic heterocycles. The number of hydrogen-bond donors (Lipinski definition) is 1. The molecule has 1 aliphatic carbocycles. The number of fused-ring (bicyclic) bond motifs is 3. The first kappa shape index (κ1) is 23.8. The van der Waals surface area contributed by atoms with Crippen molar-refractivity contribution in [3.05, 3.63) is 77.3 Å². The summed E-state index contributed by atoms with van der Waals surface area (Å²) in [5, 5.41) is 6.78. The molecule has 7 nitrogen and oxygen atoms in total. The van der Waals surface area contributed by atoms with Crippen LogP contribution in [0.5, 0.6) is 0 Å². The maximum absolute atomic E-state index is 14.7. The molecule has 4 heterocycles. The molecule has 0 bridgehead atoms. The van der Waals surface area contributed by atoms with Gasteiger partial charge >= 0.3 is 0 Å². The first-order chi connectivity index (χ1) is 18.5. The van der Waals surface area contributed by atoms with Crippen LogP contribution in [0.3, 0.4) is 0 Å². The van der Waals surface area contributed by atoms with E-state index in [1.807, 2.05) is 49.6 Å². The molecule has 2 N–H and O–H groups in total. The molecular formula is C28H25ClFN7S. The maximum atomic E-state index is 14.7. The molecule has 2 aliphatic rings. The van der Waals surface area contributed by atoms with Crippen LogP contribution in [-0.4, -0.2) is 44.4 Å². The standard InChI is InChI=1S/C28H25ClFN7S/c1-36-13-16-21(35-36)6-8-23(26(16)29)38-25-9-7-22-27(34-25)32-12-24(33-22)37-11-10-17-19(14-37)28(17,15-31)18-4-2-3-5-20(18)30/h2-9,12-13,17,19H,10-11,14-15,31H2,1H3/t17-,19+,28-/m1/s1. The highest BCUT2D eigenvalue weighted by Crippen LogP contribution is 2.63. The summed E-state index contributed by atoms with van der Waals surface area (Å²) in [6.07, 6.45) is 4.65. The van der Waals surface area contributed by atoms with Crippen LogP contribution in [0.2, 0.25) is 5.02 Å². The fourth-order valence-corrected chi connectivity index (χ4v) is 7.43. The summed E-state index contributed by atoms with van der Waals surface area (Å²) in [5.41, 5.74) is 8.90. The lowest BCUT2D eigenvalue weighted by Gasteiger charge is -2.27. The van der Waals surface area contributed by atoms with Gasteiger partial charge in [0.1, 0.15) is 22.2 Å². The second kappa shape index (κ2) is 8.90. The zero-order chi connectivity index (χ0) is 26.0. The second-order valence-electron chi connectivity index (χ2n) is 10.1. The molecule has 0 spiro atoms. The SMILES string of the molecule is Cn1cc2c(Cl)c(Sc3ccc4nc(N5CC[C@@H]6[C@H](C5)[C@@]6(CN)c5ccccc5F)cnc4n3)ccc2n1. The number of anilines is 1. The first-order valence-electron chi connectivity index (χ1n) is 12.6. The van der Waals surface area contributed by atoms with Crippen LogP contribution >= 0.6 is 23.4 Å². The van der Waals surface area contributed by atoms with Gasteiger partial charge in [-0.3, -0.25) is 4.68 Å². The Morgan fingerprint density at radius 3 is 2.79 bits per heavy atom. The van der Waals surface area contributed by atoms with Crippen molar-refractivity contribution in [2.45, 2.75) is 21.8 Å². The second-order valence-corrected chi connectivity index (χ2v) is 11.5. The van der Waals surface area contributed by atoms with Gasteiger partial charge in [0, 0.05) is 48.6 Å². The van der Waals surface area contributed by atoms with E-state index in [2.05, 4.69) is 15.0 Å². The first-order valence-corrected chi connectivity index (χ1v) is 13.8.